The molecule has 0 aliphatic heterocycles. The van der Waals surface area contributed by atoms with Gasteiger partial charge in [-0.25, -0.2) is 4.79 Å². The zero-order valence-electron chi connectivity index (χ0n) is 11.8. The van der Waals surface area contributed by atoms with E-state index in [1.54, 1.807) is 24.3 Å². The molecule has 0 spiro atoms. The second-order valence-electron chi connectivity index (χ2n) is 4.82. The standard InChI is InChI=1S/C14H21N3O3/c1-10(2)9-16-14(19)17-11-3-5-12(6-4-11)20-8-7-13(15)18/h3-6,10H,7-9H2,1-2H3,(H2,15,18)(H2,16,17,19). The molecule has 0 bridgehead atoms. The number of amides is 3. The van der Waals surface area contributed by atoms with E-state index in [9.17, 15) is 9.59 Å². The first-order valence-electron chi connectivity index (χ1n) is 6.53. The van der Waals surface area contributed by atoms with Crippen molar-refractivity contribution in [2.45, 2.75) is 20.3 Å². The number of nitrogens with one attached hydrogen (secondary N) is 2. The quantitative estimate of drug-likeness (QED) is 0.709. The second kappa shape index (κ2) is 8.04. The van der Waals surface area contributed by atoms with E-state index in [2.05, 4.69) is 10.6 Å². The minimum atomic E-state index is -0.398. The van der Waals surface area contributed by atoms with Crippen LogP contribution in [0.3, 0.4) is 0 Å². The lowest BCUT2D eigenvalue weighted by Crippen LogP contribution is -2.31. The van der Waals surface area contributed by atoms with Crippen LogP contribution in [0.4, 0.5) is 10.5 Å². The lowest BCUT2D eigenvalue weighted by molar-refractivity contribution is -0.118. The third-order valence-corrected chi connectivity index (χ3v) is 2.40. The summed E-state index contributed by atoms with van der Waals surface area (Å²) in [6, 6.07) is 6.67. The first-order chi connectivity index (χ1) is 9.47. The SMILES string of the molecule is CC(C)CNC(=O)Nc1ccc(OCCC(N)=O)cc1. The number of nitrogens with two attached hydrogens (primary N) is 1. The average molecular weight is 279 g/mol. The Hall–Kier alpha value is -2.24. The molecule has 0 unspecified atom stereocenters. The highest BCUT2D eigenvalue weighted by Crippen LogP contribution is 2.15. The van der Waals surface area contributed by atoms with Crippen LogP contribution in [0.1, 0.15) is 20.3 Å². The van der Waals surface area contributed by atoms with Crippen molar-refractivity contribution in [3.63, 3.8) is 0 Å². The summed E-state index contributed by atoms with van der Waals surface area (Å²) in [5.41, 5.74) is 5.69. The smallest absolute Gasteiger partial charge is 0.319 e. The maximum Gasteiger partial charge on any atom is 0.319 e. The minimum Gasteiger partial charge on any atom is -0.493 e. The predicted octanol–water partition coefficient (Wildman–Crippen LogP) is 1.72. The molecular formula is C14H21N3O3. The summed E-state index contributed by atoms with van der Waals surface area (Å²) in [6.07, 6.45) is 0.178. The monoisotopic (exact) mass is 279 g/mol. The molecule has 0 heterocycles. The van der Waals surface area contributed by atoms with Gasteiger partial charge in [0.15, 0.2) is 0 Å². The summed E-state index contributed by atoms with van der Waals surface area (Å²) in [4.78, 5) is 22.1. The van der Waals surface area contributed by atoms with E-state index >= 15 is 0 Å². The van der Waals surface area contributed by atoms with Gasteiger partial charge in [-0.1, -0.05) is 13.8 Å². The summed E-state index contributed by atoms with van der Waals surface area (Å²) in [6.45, 7) is 4.92. The van der Waals surface area contributed by atoms with Crippen molar-refractivity contribution >= 4 is 17.6 Å². The highest BCUT2D eigenvalue weighted by atomic mass is 16.5. The Morgan fingerprint density at radius 3 is 2.45 bits per heavy atom. The maximum atomic E-state index is 11.5. The van der Waals surface area contributed by atoms with Gasteiger partial charge in [0.2, 0.25) is 5.91 Å². The highest BCUT2D eigenvalue weighted by molar-refractivity contribution is 5.89. The Morgan fingerprint density at radius 2 is 1.90 bits per heavy atom. The van der Waals surface area contributed by atoms with E-state index in [1.165, 1.54) is 0 Å². The van der Waals surface area contributed by atoms with Crippen molar-refractivity contribution < 1.29 is 14.3 Å². The summed E-state index contributed by atoms with van der Waals surface area (Å²) in [5, 5.41) is 5.48. The number of rotatable bonds is 7. The molecular weight excluding hydrogens is 258 g/mol. The zero-order valence-corrected chi connectivity index (χ0v) is 11.8. The number of urea groups is 1. The topological polar surface area (TPSA) is 93.4 Å². The van der Waals surface area contributed by atoms with E-state index in [0.29, 0.717) is 23.9 Å². The third-order valence-electron chi connectivity index (χ3n) is 2.40. The molecule has 1 rings (SSSR count). The Bertz CT molecular complexity index is 443. The van der Waals surface area contributed by atoms with Crippen molar-refractivity contribution in [1.29, 1.82) is 0 Å². The minimum absolute atomic E-state index is 0.178. The predicted molar refractivity (Wildman–Crippen MR) is 77.6 cm³/mol. The molecule has 4 N–H and O–H groups in total. The van der Waals surface area contributed by atoms with Crippen LogP contribution in [0.5, 0.6) is 5.75 Å². The van der Waals surface area contributed by atoms with Gasteiger partial charge < -0.3 is 21.1 Å². The lowest BCUT2D eigenvalue weighted by Gasteiger charge is -2.10. The van der Waals surface area contributed by atoms with E-state index in [1.807, 2.05) is 13.8 Å². The molecule has 1 aromatic carbocycles. The number of benzene rings is 1. The maximum absolute atomic E-state index is 11.5. The molecule has 0 atom stereocenters. The van der Waals surface area contributed by atoms with Gasteiger partial charge in [0.25, 0.3) is 0 Å². The molecule has 110 valence electrons. The van der Waals surface area contributed by atoms with E-state index in [0.717, 1.165) is 0 Å². The fourth-order valence-corrected chi connectivity index (χ4v) is 1.38. The Balaban J connectivity index is 2.38. The average Bonchev–Trinajstić information content (AvgIpc) is 2.38. The molecule has 3 amide bonds. The van der Waals surface area contributed by atoms with Crippen molar-refractivity contribution in [2.75, 3.05) is 18.5 Å². The van der Waals surface area contributed by atoms with Crippen LogP contribution < -0.4 is 21.1 Å². The van der Waals surface area contributed by atoms with Crippen molar-refractivity contribution in [3.8, 4) is 5.75 Å². The number of primary amides is 1. The zero-order chi connectivity index (χ0) is 15.0. The highest BCUT2D eigenvalue weighted by Gasteiger charge is 2.03. The Labute approximate surface area is 118 Å². The van der Waals surface area contributed by atoms with Gasteiger partial charge in [0, 0.05) is 12.2 Å². The van der Waals surface area contributed by atoms with Gasteiger partial charge in [0.05, 0.1) is 13.0 Å². The Morgan fingerprint density at radius 1 is 1.25 bits per heavy atom. The number of anilines is 1. The Kier molecular flexibility index (Phi) is 6.36. The van der Waals surface area contributed by atoms with Crippen LogP contribution in [0.2, 0.25) is 0 Å². The summed E-state index contributed by atoms with van der Waals surface area (Å²) in [5.74, 6) is 0.631. The normalized spacial score (nSPS) is 10.2. The molecule has 6 nitrogen and oxygen atoms in total. The number of carbonyl (C=O) groups is 2. The van der Waals surface area contributed by atoms with Crippen LogP contribution in [-0.2, 0) is 4.79 Å². The molecule has 0 saturated carbocycles. The van der Waals surface area contributed by atoms with Crippen molar-refractivity contribution in [1.82, 2.24) is 5.32 Å². The molecule has 0 aliphatic rings. The molecule has 0 fully saturated rings. The molecule has 0 saturated heterocycles. The lowest BCUT2D eigenvalue weighted by atomic mass is 10.2. The van der Waals surface area contributed by atoms with Crippen LogP contribution in [-0.4, -0.2) is 25.1 Å². The third kappa shape index (κ3) is 6.63. The number of hydrogen-bond acceptors (Lipinski definition) is 3. The summed E-state index contributed by atoms with van der Waals surface area (Å²) >= 11 is 0. The van der Waals surface area contributed by atoms with Crippen LogP contribution in [0, 0.1) is 5.92 Å². The molecule has 0 aromatic heterocycles. The molecule has 0 aliphatic carbocycles. The largest absolute Gasteiger partial charge is 0.493 e. The molecule has 20 heavy (non-hydrogen) atoms. The number of ether oxygens (including phenoxy) is 1. The second-order valence-corrected chi connectivity index (χ2v) is 4.82. The van der Waals surface area contributed by atoms with Gasteiger partial charge in [-0.15, -0.1) is 0 Å². The van der Waals surface area contributed by atoms with Gasteiger partial charge in [-0.05, 0) is 30.2 Å². The molecule has 0 radical (unpaired) electrons. The van der Waals surface area contributed by atoms with Crippen LogP contribution >= 0.6 is 0 Å². The van der Waals surface area contributed by atoms with Gasteiger partial charge in [-0.3, -0.25) is 4.79 Å². The summed E-state index contributed by atoms with van der Waals surface area (Å²) < 4.78 is 5.33. The molecule has 6 heteroatoms. The number of hydrogen-bond donors (Lipinski definition) is 3. The fraction of sp³-hybridized carbons (Fsp3) is 0.429. The first kappa shape index (κ1) is 15.8. The fourth-order valence-electron chi connectivity index (χ4n) is 1.38. The van der Waals surface area contributed by atoms with Crippen LogP contribution in [0.15, 0.2) is 24.3 Å². The van der Waals surface area contributed by atoms with Gasteiger partial charge in [0.1, 0.15) is 5.75 Å². The van der Waals surface area contributed by atoms with Gasteiger partial charge in [-0.2, -0.15) is 0 Å². The first-order valence-corrected chi connectivity index (χ1v) is 6.53. The summed E-state index contributed by atoms with van der Waals surface area (Å²) in [7, 11) is 0. The molecule has 1 aromatic rings. The van der Waals surface area contributed by atoms with Crippen LogP contribution in [0.25, 0.3) is 0 Å². The van der Waals surface area contributed by atoms with E-state index in [-0.39, 0.29) is 19.1 Å². The van der Waals surface area contributed by atoms with E-state index < -0.39 is 5.91 Å². The van der Waals surface area contributed by atoms with Crippen molar-refractivity contribution in [2.24, 2.45) is 11.7 Å². The van der Waals surface area contributed by atoms with E-state index in [4.69, 9.17) is 10.5 Å². The van der Waals surface area contributed by atoms with Gasteiger partial charge >= 0.3 is 6.03 Å². The number of carbonyl (C=O) groups excluding carboxylic acids is 2. The van der Waals surface area contributed by atoms with Crippen molar-refractivity contribution in [3.05, 3.63) is 24.3 Å².